The predicted octanol–water partition coefficient (Wildman–Crippen LogP) is 0.551. The molecule has 1 rings (SSSR count). The van der Waals surface area contributed by atoms with Crippen LogP contribution < -0.4 is 15.2 Å². The molecule has 15 heavy (non-hydrogen) atoms. The molecule has 3 N–H and O–H groups in total. The first-order valence-electron chi connectivity index (χ1n) is 4.32. The lowest BCUT2D eigenvalue weighted by atomic mass is 10.1. The number of aromatic hydroxyl groups is 1. The van der Waals surface area contributed by atoms with Gasteiger partial charge in [0.05, 0.1) is 20.8 Å². The lowest BCUT2D eigenvalue weighted by Crippen LogP contribution is -2.15. The maximum Gasteiger partial charge on any atom is 0.183 e. The first-order valence-corrected chi connectivity index (χ1v) is 4.32. The number of rotatable bonds is 4. The standard InChI is InChI=1S/C10H13NO4/c1-14-8-4-3-6(12)9(7(13)5-11)10(8)15-2/h3-4,12H,5,11H2,1-2H3. The van der Waals surface area contributed by atoms with E-state index in [1.165, 1.54) is 26.4 Å². The van der Waals surface area contributed by atoms with Gasteiger partial charge in [0, 0.05) is 0 Å². The second-order valence-electron chi connectivity index (χ2n) is 2.82. The number of ether oxygens (including phenoxy) is 2. The molecule has 1 aromatic rings. The van der Waals surface area contributed by atoms with Crippen LogP contribution in [-0.4, -0.2) is 31.7 Å². The first kappa shape index (κ1) is 11.3. The molecule has 0 heterocycles. The molecular weight excluding hydrogens is 198 g/mol. The number of nitrogens with two attached hydrogens (primary N) is 1. The minimum absolute atomic E-state index is 0.0550. The molecule has 82 valence electrons. The quantitative estimate of drug-likeness (QED) is 0.711. The number of phenols is 1. The lowest BCUT2D eigenvalue weighted by molar-refractivity contribution is 0.0995. The van der Waals surface area contributed by atoms with Crippen molar-refractivity contribution >= 4 is 5.78 Å². The highest BCUT2D eigenvalue weighted by atomic mass is 16.5. The summed E-state index contributed by atoms with van der Waals surface area (Å²) in [6.07, 6.45) is 0. The van der Waals surface area contributed by atoms with Crippen molar-refractivity contribution in [3.8, 4) is 17.2 Å². The Bertz CT molecular complexity index is 376. The molecule has 0 amide bonds. The van der Waals surface area contributed by atoms with Crippen molar-refractivity contribution in [3.05, 3.63) is 17.7 Å². The average Bonchev–Trinajstić information content (AvgIpc) is 2.27. The normalized spacial score (nSPS) is 9.80. The average molecular weight is 211 g/mol. The molecule has 0 atom stereocenters. The Balaban J connectivity index is 3.38. The van der Waals surface area contributed by atoms with Crippen molar-refractivity contribution < 1.29 is 19.4 Å². The summed E-state index contributed by atoms with van der Waals surface area (Å²) in [4.78, 5) is 11.5. The van der Waals surface area contributed by atoms with Crippen LogP contribution in [0.1, 0.15) is 10.4 Å². The largest absolute Gasteiger partial charge is 0.507 e. The Morgan fingerprint density at radius 3 is 2.53 bits per heavy atom. The Morgan fingerprint density at radius 2 is 2.07 bits per heavy atom. The predicted molar refractivity (Wildman–Crippen MR) is 54.6 cm³/mol. The first-order chi connectivity index (χ1) is 7.15. The van der Waals surface area contributed by atoms with E-state index >= 15 is 0 Å². The molecule has 0 aliphatic heterocycles. The number of hydrogen-bond acceptors (Lipinski definition) is 5. The van der Waals surface area contributed by atoms with E-state index in [9.17, 15) is 9.90 Å². The van der Waals surface area contributed by atoms with Crippen LogP contribution in [0.25, 0.3) is 0 Å². The molecule has 0 fully saturated rings. The number of ketones is 1. The van der Waals surface area contributed by atoms with Gasteiger partial charge in [-0.15, -0.1) is 0 Å². The van der Waals surface area contributed by atoms with Crippen molar-refractivity contribution in [1.82, 2.24) is 0 Å². The zero-order valence-corrected chi connectivity index (χ0v) is 8.61. The third kappa shape index (κ3) is 2.02. The van der Waals surface area contributed by atoms with Crippen LogP contribution >= 0.6 is 0 Å². The molecule has 1 aromatic carbocycles. The molecule has 5 nitrogen and oxygen atoms in total. The van der Waals surface area contributed by atoms with Gasteiger partial charge >= 0.3 is 0 Å². The summed E-state index contributed by atoms with van der Waals surface area (Å²) in [7, 11) is 2.84. The summed E-state index contributed by atoms with van der Waals surface area (Å²) in [6, 6.07) is 2.88. The van der Waals surface area contributed by atoms with Gasteiger partial charge in [0.15, 0.2) is 17.3 Å². The zero-order valence-electron chi connectivity index (χ0n) is 8.61. The second kappa shape index (κ2) is 4.65. The van der Waals surface area contributed by atoms with Crippen LogP contribution in [0.2, 0.25) is 0 Å². The van der Waals surface area contributed by atoms with Gasteiger partial charge in [-0.05, 0) is 12.1 Å². The monoisotopic (exact) mass is 211 g/mol. The van der Waals surface area contributed by atoms with E-state index in [0.29, 0.717) is 5.75 Å². The van der Waals surface area contributed by atoms with Gasteiger partial charge in [-0.25, -0.2) is 0 Å². The highest BCUT2D eigenvalue weighted by Crippen LogP contribution is 2.36. The van der Waals surface area contributed by atoms with Gasteiger partial charge in [-0.1, -0.05) is 0 Å². The molecule has 5 heteroatoms. The molecule has 0 unspecified atom stereocenters. The van der Waals surface area contributed by atoms with Crippen LogP contribution in [0.5, 0.6) is 17.2 Å². The summed E-state index contributed by atoms with van der Waals surface area (Å²) in [6.45, 7) is -0.197. The van der Waals surface area contributed by atoms with Crippen molar-refractivity contribution in [2.24, 2.45) is 5.73 Å². The van der Waals surface area contributed by atoms with Crippen molar-refractivity contribution in [3.63, 3.8) is 0 Å². The van der Waals surface area contributed by atoms with E-state index < -0.39 is 5.78 Å². The maximum atomic E-state index is 11.5. The van der Waals surface area contributed by atoms with Crippen LogP contribution in [0.4, 0.5) is 0 Å². The van der Waals surface area contributed by atoms with Gasteiger partial charge in [-0.3, -0.25) is 4.79 Å². The molecule has 0 saturated carbocycles. The minimum Gasteiger partial charge on any atom is -0.507 e. The molecule has 0 radical (unpaired) electrons. The number of benzene rings is 1. The van der Waals surface area contributed by atoms with E-state index in [1.807, 2.05) is 0 Å². The minimum atomic E-state index is -0.400. The molecule has 0 aliphatic carbocycles. The van der Waals surface area contributed by atoms with E-state index in [2.05, 4.69) is 0 Å². The van der Waals surface area contributed by atoms with Gasteiger partial charge in [-0.2, -0.15) is 0 Å². The van der Waals surface area contributed by atoms with Gasteiger partial charge in [0.1, 0.15) is 11.3 Å². The van der Waals surface area contributed by atoms with Crippen molar-refractivity contribution in [2.45, 2.75) is 0 Å². The van der Waals surface area contributed by atoms with Crippen LogP contribution in [0.15, 0.2) is 12.1 Å². The Labute approximate surface area is 87.4 Å². The fraction of sp³-hybridized carbons (Fsp3) is 0.300. The third-order valence-electron chi connectivity index (χ3n) is 1.99. The number of carbonyl (C=O) groups is 1. The highest BCUT2D eigenvalue weighted by molar-refractivity contribution is 6.03. The van der Waals surface area contributed by atoms with E-state index in [4.69, 9.17) is 15.2 Å². The van der Waals surface area contributed by atoms with Crippen LogP contribution in [0, 0.1) is 0 Å². The molecule has 0 bridgehead atoms. The Kier molecular flexibility index (Phi) is 3.51. The number of carbonyl (C=O) groups excluding carboxylic acids is 1. The fourth-order valence-corrected chi connectivity index (χ4v) is 1.29. The smallest absolute Gasteiger partial charge is 0.183 e. The van der Waals surface area contributed by atoms with E-state index in [0.717, 1.165) is 0 Å². The third-order valence-corrected chi connectivity index (χ3v) is 1.99. The highest BCUT2D eigenvalue weighted by Gasteiger charge is 2.19. The van der Waals surface area contributed by atoms with Gasteiger partial charge < -0.3 is 20.3 Å². The van der Waals surface area contributed by atoms with Gasteiger partial charge in [0.25, 0.3) is 0 Å². The summed E-state index contributed by atoms with van der Waals surface area (Å²) in [5.74, 6) is 0.0198. The Morgan fingerprint density at radius 1 is 1.40 bits per heavy atom. The van der Waals surface area contributed by atoms with E-state index in [-0.39, 0.29) is 23.6 Å². The number of hydrogen-bond donors (Lipinski definition) is 2. The number of Topliss-reactive ketones (excluding diaryl/α,β-unsaturated/α-hetero) is 1. The number of phenolic OH excluding ortho intramolecular Hbond substituents is 1. The van der Waals surface area contributed by atoms with Crippen LogP contribution in [0.3, 0.4) is 0 Å². The van der Waals surface area contributed by atoms with Gasteiger partial charge in [0.2, 0.25) is 0 Å². The summed E-state index contributed by atoms with van der Waals surface area (Å²) >= 11 is 0. The molecular formula is C10H13NO4. The summed E-state index contributed by atoms with van der Waals surface area (Å²) < 4.78 is 10.0. The fourth-order valence-electron chi connectivity index (χ4n) is 1.29. The van der Waals surface area contributed by atoms with E-state index in [1.54, 1.807) is 0 Å². The zero-order chi connectivity index (χ0) is 11.4. The van der Waals surface area contributed by atoms with Crippen molar-refractivity contribution in [1.29, 1.82) is 0 Å². The topological polar surface area (TPSA) is 81.8 Å². The molecule has 0 spiro atoms. The van der Waals surface area contributed by atoms with Crippen LogP contribution in [-0.2, 0) is 0 Å². The molecule has 0 saturated heterocycles. The number of methoxy groups -OCH3 is 2. The summed E-state index contributed by atoms with van der Waals surface area (Å²) in [5, 5.41) is 9.53. The SMILES string of the molecule is COc1ccc(O)c(C(=O)CN)c1OC. The molecule has 0 aromatic heterocycles. The van der Waals surface area contributed by atoms with Crippen molar-refractivity contribution in [2.75, 3.05) is 20.8 Å². The maximum absolute atomic E-state index is 11.5. The lowest BCUT2D eigenvalue weighted by Gasteiger charge is -2.12. The second-order valence-corrected chi connectivity index (χ2v) is 2.82. The molecule has 0 aliphatic rings. The Hall–Kier alpha value is -1.75. The summed E-state index contributed by atoms with van der Waals surface area (Å²) in [5.41, 5.74) is 5.29.